The van der Waals surface area contributed by atoms with Gasteiger partial charge in [0.2, 0.25) is 0 Å². The van der Waals surface area contributed by atoms with Crippen LogP contribution in [0.3, 0.4) is 0 Å². The fourth-order valence-electron chi connectivity index (χ4n) is 0.805. The highest BCUT2D eigenvalue weighted by Gasteiger charge is 2.07. The molecule has 0 radical (unpaired) electrons. The summed E-state index contributed by atoms with van der Waals surface area (Å²) in [5.74, 6) is 0. The minimum Gasteiger partial charge on any atom is -0.205 e. The molecule has 12 heavy (non-hydrogen) atoms. The van der Waals surface area contributed by atoms with Crippen molar-refractivity contribution in [2.75, 3.05) is 0 Å². The first kappa shape index (κ1) is 8.01. The Morgan fingerprint density at radius 2 is 2.17 bits per heavy atom. The SMILES string of the molecule is N#[N+]/N=C1\C=CC=C\C1=C/N=N. The molecule has 0 aromatic heterocycles. The Morgan fingerprint density at radius 3 is 2.83 bits per heavy atom. The number of allylic oxidation sites excluding steroid dienone is 5. The van der Waals surface area contributed by atoms with Crippen molar-refractivity contribution >= 4 is 5.71 Å². The van der Waals surface area contributed by atoms with Gasteiger partial charge in [0, 0.05) is 5.57 Å². The molecule has 0 heterocycles. The molecule has 58 valence electrons. The summed E-state index contributed by atoms with van der Waals surface area (Å²) < 4.78 is 0. The highest BCUT2D eigenvalue weighted by Crippen LogP contribution is 2.08. The molecule has 5 nitrogen and oxygen atoms in total. The third-order valence-corrected chi connectivity index (χ3v) is 1.29. The van der Waals surface area contributed by atoms with Crippen molar-refractivity contribution in [2.24, 2.45) is 10.2 Å². The number of diazo groups is 1. The van der Waals surface area contributed by atoms with Crippen molar-refractivity contribution in [3.63, 3.8) is 0 Å². The standard InChI is InChI=1S/C7H6N5/c8-10-5-6-3-1-2-4-7(6)11-12-9/h1-5,8H/q+1/b6-5+,10-8?,11-7+. The van der Waals surface area contributed by atoms with E-state index in [1.165, 1.54) is 6.20 Å². The van der Waals surface area contributed by atoms with E-state index in [0.29, 0.717) is 11.3 Å². The Bertz CT molecular complexity index is 339. The third kappa shape index (κ3) is 1.70. The van der Waals surface area contributed by atoms with Crippen LogP contribution in [0.1, 0.15) is 0 Å². The van der Waals surface area contributed by atoms with Crippen molar-refractivity contribution in [1.82, 2.24) is 0 Å². The molecule has 1 aliphatic rings. The van der Waals surface area contributed by atoms with Gasteiger partial charge in [0.15, 0.2) is 10.8 Å². The third-order valence-electron chi connectivity index (χ3n) is 1.29. The van der Waals surface area contributed by atoms with E-state index in [2.05, 4.69) is 15.3 Å². The maximum absolute atomic E-state index is 8.18. The first-order valence-electron chi connectivity index (χ1n) is 3.22. The van der Waals surface area contributed by atoms with Crippen molar-refractivity contribution in [2.45, 2.75) is 0 Å². The molecule has 1 aliphatic carbocycles. The van der Waals surface area contributed by atoms with Crippen LogP contribution in [-0.2, 0) is 0 Å². The van der Waals surface area contributed by atoms with Crippen LogP contribution in [0.15, 0.2) is 46.3 Å². The molecule has 0 aromatic carbocycles. The number of nitrogens with zero attached hydrogens (tertiary/aromatic N) is 4. The summed E-state index contributed by atoms with van der Waals surface area (Å²) in [7, 11) is 0. The molecule has 1 N–H and O–H groups in total. The Balaban J connectivity index is 3.02. The molecule has 5 heteroatoms. The molecule has 0 spiro atoms. The molecular formula is C7H6N5+. The van der Waals surface area contributed by atoms with Crippen LogP contribution in [-0.4, -0.2) is 5.71 Å². The van der Waals surface area contributed by atoms with E-state index < -0.39 is 0 Å². The molecule has 0 unspecified atom stereocenters. The van der Waals surface area contributed by atoms with Gasteiger partial charge in [0.05, 0.1) is 6.20 Å². The number of hydrogen-bond donors (Lipinski definition) is 1. The van der Waals surface area contributed by atoms with Crippen molar-refractivity contribution in [3.05, 3.63) is 41.2 Å². The van der Waals surface area contributed by atoms with Crippen LogP contribution >= 0.6 is 0 Å². The van der Waals surface area contributed by atoms with E-state index in [4.69, 9.17) is 10.9 Å². The molecule has 0 bridgehead atoms. The Labute approximate surface area is 68.9 Å². The molecular weight excluding hydrogens is 154 g/mol. The van der Waals surface area contributed by atoms with E-state index >= 15 is 0 Å². The molecule has 0 atom stereocenters. The number of nitrogens with one attached hydrogen (secondary N) is 1. The van der Waals surface area contributed by atoms with Crippen LogP contribution < -0.4 is 0 Å². The molecule has 1 rings (SSSR count). The van der Waals surface area contributed by atoms with Gasteiger partial charge in [-0.05, 0) is 6.08 Å². The van der Waals surface area contributed by atoms with E-state index in [1.807, 2.05) is 0 Å². The molecule has 0 aliphatic heterocycles. The summed E-state index contributed by atoms with van der Waals surface area (Å²) in [5, 5.41) is 17.4. The maximum atomic E-state index is 8.18. The van der Waals surface area contributed by atoms with E-state index in [-0.39, 0.29) is 0 Å². The Morgan fingerprint density at radius 1 is 1.42 bits per heavy atom. The molecule has 0 saturated heterocycles. The lowest BCUT2D eigenvalue weighted by atomic mass is 10.1. The quantitative estimate of drug-likeness (QED) is 0.356. The lowest BCUT2D eigenvalue weighted by Gasteiger charge is -1.97. The molecule has 0 saturated carbocycles. The number of rotatable bonds is 1. The highest BCUT2D eigenvalue weighted by molar-refractivity contribution is 6.11. The van der Waals surface area contributed by atoms with Gasteiger partial charge in [0.1, 0.15) is 0 Å². The summed E-state index contributed by atoms with van der Waals surface area (Å²) in [6, 6.07) is 0. The van der Waals surface area contributed by atoms with Crippen LogP contribution in [0, 0.1) is 10.9 Å². The minimum atomic E-state index is 0.482. The lowest BCUT2D eigenvalue weighted by Crippen LogP contribution is -1.98. The molecule has 0 fully saturated rings. The Hall–Kier alpha value is -2.09. The number of hydrogen-bond acceptors (Lipinski definition) is 4. The monoisotopic (exact) mass is 160 g/mol. The van der Waals surface area contributed by atoms with Gasteiger partial charge in [0.25, 0.3) is 5.39 Å². The zero-order chi connectivity index (χ0) is 8.81. The second-order valence-electron chi connectivity index (χ2n) is 2.01. The van der Waals surface area contributed by atoms with Crippen molar-refractivity contribution in [3.8, 4) is 0 Å². The van der Waals surface area contributed by atoms with Gasteiger partial charge in [-0.25, -0.2) is 5.53 Å². The predicted molar refractivity (Wildman–Crippen MR) is 44.0 cm³/mol. The summed E-state index contributed by atoms with van der Waals surface area (Å²) in [6.45, 7) is 0. The lowest BCUT2D eigenvalue weighted by molar-refractivity contribution is 1.14. The average Bonchev–Trinajstić information content (AvgIpc) is 2.09. The minimum absolute atomic E-state index is 0.482. The normalized spacial score (nSPS) is 21.2. The summed E-state index contributed by atoms with van der Waals surface area (Å²) in [5.41, 5.74) is 7.73. The van der Waals surface area contributed by atoms with E-state index in [9.17, 15) is 0 Å². The summed E-state index contributed by atoms with van der Waals surface area (Å²) in [6.07, 6.45) is 8.25. The second kappa shape index (κ2) is 3.93. The van der Waals surface area contributed by atoms with Gasteiger partial charge < -0.3 is 0 Å². The van der Waals surface area contributed by atoms with Crippen LogP contribution in [0.2, 0.25) is 0 Å². The average molecular weight is 160 g/mol. The van der Waals surface area contributed by atoms with Crippen molar-refractivity contribution < 1.29 is 0 Å². The fourth-order valence-corrected chi connectivity index (χ4v) is 0.805. The first-order chi connectivity index (χ1) is 5.88. The second-order valence-corrected chi connectivity index (χ2v) is 2.01. The van der Waals surface area contributed by atoms with Gasteiger partial charge in [-0.2, -0.15) is 5.11 Å². The van der Waals surface area contributed by atoms with E-state index in [0.717, 1.165) is 0 Å². The molecule has 0 aromatic rings. The van der Waals surface area contributed by atoms with E-state index in [1.54, 1.807) is 24.3 Å². The van der Waals surface area contributed by atoms with Crippen LogP contribution in [0.25, 0.3) is 5.08 Å². The van der Waals surface area contributed by atoms with Gasteiger partial charge in [-0.3, -0.25) is 0 Å². The first-order valence-corrected chi connectivity index (χ1v) is 3.22. The van der Waals surface area contributed by atoms with Crippen molar-refractivity contribution in [1.29, 1.82) is 10.9 Å². The summed E-state index contributed by atoms with van der Waals surface area (Å²) >= 11 is 0. The topological polar surface area (TPSA) is 76.7 Å². The Kier molecular flexibility index (Phi) is 2.62. The fraction of sp³-hybridized carbons (Fsp3) is 0. The van der Waals surface area contributed by atoms with Crippen LogP contribution in [0.5, 0.6) is 0 Å². The van der Waals surface area contributed by atoms with Crippen LogP contribution in [0.4, 0.5) is 0 Å². The molecule has 0 amide bonds. The van der Waals surface area contributed by atoms with Gasteiger partial charge >= 0.3 is 5.08 Å². The van der Waals surface area contributed by atoms with Gasteiger partial charge in [-0.1, -0.05) is 18.2 Å². The van der Waals surface area contributed by atoms with Gasteiger partial charge in [-0.15, -0.1) is 0 Å². The smallest absolute Gasteiger partial charge is 0.205 e. The zero-order valence-corrected chi connectivity index (χ0v) is 6.18. The highest BCUT2D eigenvalue weighted by atomic mass is 15.2. The maximum Gasteiger partial charge on any atom is 0.339 e. The zero-order valence-electron chi connectivity index (χ0n) is 6.18. The predicted octanol–water partition coefficient (Wildman–Crippen LogP) is 2.24. The summed E-state index contributed by atoms with van der Waals surface area (Å²) in [4.78, 5) is 0. The largest absolute Gasteiger partial charge is 0.339 e.